The Bertz CT molecular complexity index is 1930. The molecule has 2 heterocycles. The van der Waals surface area contributed by atoms with E-state index in [1.807, 2.05) is 30.3 Å². The molecule has 0 saturated carbocycles. The largest absolute Gasteiger partial charge is 0.446 e. The van der Waals surface area contributed by atoms with E-state index in [0.29, 0.717) is 5.90 Å². The van der Waals surface area contributed by atoms with Crippen LogP contribution in [0, 0.1) is 0 Å². The Balaban J connectivity index is 1.27. The van der Waals surface area contributed by atoms with Crippen molar-refractivity contribution in [2.75, 3.05) is 0 Å². The van der Waals surface area contributed by atoms with Gasteiger partial charge in [0.2, 0.25) is 12.1 Å². The second-order valence-electron chi connectivity index (χ2n) is 10.9. The lowest BCUT2D eigenvalue weighted by atomic mass is 9.81. The molecule has 0 bridgehead atoms. The van der Waals surface area contributed by atoms with Gasteiger partial charge in [0.15, 0.2) is 0 Å². The zero-order valence-corrected chi connectivity index (χ0v) is 21.8. The van der Waals surface area contributed by atoms with Crippen molar-refractivity contribution in [2.45, 2.75) is 25.5 Å². The van der Waals surface area contributed by atoms with Gasteiger partial charge in [-0.05, 0) is 52.6 Å². The van der Waals surface area contributed by atoms with Crippen LogP contribution in [0.15, 0.2) is 120 Å². The van der Waals surface area contributed by atoms with Crippen molar-refractivity contribution in [3.05, 3.63) is 138 Å². The van der Waals surface area contributed by atoms with Crippen molar-refractivity contribution in [3.63, 3.8) is 0 Å². The summed E-state index contributed by atoms with van der Waals surface area (Å²) in [5.74, 6) is 0.607. The van der Waals surface area contributed by atoms with Gasteiger partial charge in [-0.3, -0.25) is 5.43 Å². The fourth-order valence-electron chi connectivity index (χ4n) is 6.52. The Morgan fingerprint density at radius 3 is 2.31 bits per heavy atom. The van der Waals surface area contributed by atoms with Crippen LogP contribution in [-0.2, 0) is 10.2 Å². The molecular formula is C35H27N3O. The smallest absolute Gasteiger partial charge is 0.240 e. The molecule has 1 aromatic heterocycles. The van der Waals surface area contributed by atoms with Crippen molar-refractivity contribution >= 4 is 27.7 Å². The number of para-hydroxylation sites is 1. The highest BCUT2D eigenvalue weighted by molar-refractivity contribution is 6.13. The standard InChI is InChI=1S/C35H27N3O/c1-35(2)29-14-8-6-12-25(29)27-20-21-28-26-13-7-9-15-30(26)38(32(28)31(27)35)24-18-16-23(17-19-24)34-37-36-33(39-34)22-10-4-3-5-11-22/h3-21,33,36H,1-2H3. The van der Waals surface area contributed by atoms with E-state index < -0.39 is 0 Å². The number of nitrogens with zero attached hydrogens (tertiary/aromatic N) is 2. The monoisotopic (exact) mass is 505 g/mol. The van der Waals surface area contributed by atoms with Gasteiger partial charge >= 0.3 is 0 Å². The third-order valence-electron chi connectivity index (χ3n) is 8.34. The van der Waals surface area contributed by atoms with E-state index >= 15 is 0 Å². The minimum atomic E-state index is -0.273. The van der Waals surface area contributed by atoms with Crippen LogP contribution in [0.5, 0.6) is 0 Å². The fraction of sp³-hybridized carbons (Fsp3) is 0.114. The summed E-state index contributed by atoms with van der Waals surface area (Å²) < 4.78 is 8.59. The van der Waals surface area contributed by atoms with Crippen LogP contribution in [0.2, 0.25) is 0 Å². The lowest BCUT2D eigenvalue weighted by Gasteiger charge is -2.23. The summed E-state index contributed by atoms with van der Waals surface area (Å²) in [6, 6.07) is 40.9. The van der Waals surface area contributed by atoms with Crippen molar-refractivity contribution in [1.82, 2.24) is 9.99 Å². The van der Waals surface area contributed by atoms with Crippen LogP contribution in [0.3, 0.4) is 0 Å². The summed E-state index contributed by atoms with van der Waals surface area (Å²) in [5, 5.41) is 7.04. The SMILES string of the molecule is CC1(C)c2ccccc2-c2ccc3c4ccccc4n(-c4ccc(C5=NNC(c6ccccc6)O5)cc4)c3c21. The predicted octanol–water partition coefficient (Wildman–Crippen LogP) is 8.07. The first-order chi connectivity index (χ1) is 19.1. The summed E-state index contributed by atoms with van der Waals surface area (Å²) in [4.78, 5) is 0. The Morgan fingerprint density at radius 2 is 1.46 bits per heavy atom. The number of hydrazone groups is 1. The van der Waals surface area contributed by atoms with Crippen LogP contribution in [-0.4, -0.2) is 10.5 Å². The molecule has 4 nitrogen and oxygen atoms in total. The minimum Gasteiger partial charge on any atom is -0.446 e. The maximum Gasteiger partial charge on any atom is 0.240 e. The molecule has 0 radical (unpaired) electrons. The van der Waals surface area contributed by atoms with E-state index in [2.05, 4.69) is 114 Å². The summed E-state index contributed by atoms with van der Waals surface area (Å²) in [6.07, 6.45) is -0.273. The molecule has 1 N–H and O–H groups in total. The average Bonchev–Trinajstić information content (AvgIpc) is 3.66. The molecule has 1 aliphatic heterocycles. The van der Waals surface area contributed by atoms with Gasteiger partial charge in [-0.2, -0.15) is 0 Å². The van der Waals surface area contributed by atoms with Crippen molar-refractivity contribution in [3.8, 4) is 16.8 Å². The molecule has 4 heteroatoms. The highest BCUT2D eigenvalue weighted by atomic mass is 16.5. The zero-order valence-electron chi connectivity index (χ0n) is 21.8. The molecule has 0 saturated heterocycles. The van der Waals surface area contributed by atoms with Crippen LogP contribution in [0.25, 0.3) is 38.6 Å². The van der Waals surface area contributed by atoms with Gasteiger partial charge in [0.25, 0.3) is 0 Å². The third kappa shape index (κ3) is 3.15. The first-order valence-corrected chi connectivity index (χ1v) is 13.4. The van der Waals surface area contributed by atoms with Crippen molar-refractivity contribution in [2.24, 2.45) is 5.10 Å². The maximum absolute atomic E-state index is 6.16. The summed E-state index contributed by atoms with van der Waals surface area (Å²) in [6.45, 7) is 4.71. The minimum absolute atomic E-state index is 0.109. The number of rotatable bonds is 3. The second-order valence-corrected chi connectivity index (χ2v) is 10.9. The summed E-state index contributed by atoms with van der Waals surface area (Å²) in [7, 11) is 0. The van der Waals surface area contributed by atoms with Crippen molar-refractivity contribution in [1.29, 1.82) is 0 Å². The topological polar surface area (TPSA) is 38.5 Å². The van der Waals surface area contributed by atoms with E-state index in [4.69, 9.17) is 4.74 Å². The Hall–Kier alpha value is -4.83. The van der Waals surface area contributed by atoms with Crippen molar-refractivity contribution < 1.29 is 4.74 Å². The lowest BCUT2D eigenvalue weighted by molar-refractivity contribution is 0.192. The molecule has 8 rings (SSSR count). The highest BCUT2D eigenvalue weighted by Crippen LogP contribution is 2.52. The van der Waals surface area contributed by atoms with Gasteiger partial charge < -0.3 is 9.30 Å². The molecular weight excluding hydrogens is 478 g/mol. The van der Waals surface area contributed by atoms with Gasteiger partial charge in [0.05, 0.1) is 11.0 Å². The molecule has 188 valence electrons. The number of hydrogen-bond donors (Lipinski definition) is 1. The van der Waals surface area contributed by atoms with E-state index in [9.17, 15) is 0 Å². The fourth-order valence-corrected chi connectivity index (χ4v) is 6.52. The normalized spacial score (nSPS) is 17.0. The summed E-state index contributed by atoms with van der Waals surface area (Å²) in [5.41, 5.74) is 14.1. The number of nitrogens with one attached hydrogen (secondary N) is 1. The molecule has 5 aromatic carbocycles. The maximum atomic E-state index is 6.16. The number of hydrogen-bond acceptors (Lipinski definition) is 3. The van der Waals surface area contributed by atoms with E-state index in [0.717, 1.165) is 16.8 Å². The highest BCUT2D eigenvalue weighted by Gasteiger charge is 2.38. The first kappa shape index (κ1) is 22.2. The van der Waals surface area contributed by atoms with Crippen LogP contribution >= 0.6 is 0 Å². The van der Waals surface area contributed by atoms with Gasteiger partial charge in [-0.15, -0.1) is 5.10 Å². The Kier molecular flexibility index (Phi) is 4.60. The molecule has 6 aromatic rings. The number of fused-ring (bicyclic) bond motifs is 7. The number of aromatic nitrogens is 1. The van der Waals surface area contributed by atoms with Gasteiger partial charge in [0.1, 0.15) is 0 Å². The molecule has 1 aliphatic carbocycles. The molecule has 39 heavy (non-hydrogen) atoms. The molecule has 0 spiro atoms. The van der Waals surface area contributed by atoms with E-state index in [1.54, 1.807) is 0 Å². The zero-order chi connectivity index (χ0) is 26.1. The van der Waals surface area contributed by atoms with Gasteiger partial charge in [-0.1, -0.05) is 98.8 Å². The van der Waals surface area contributed by atoms with Crippen LogP contribution < -0.4 is 5.43 Å². The number of ether oxygens (including phenoxy) is 1. The van der Waals surface area contributed by atoms with E-state index in [-0.39, 0.29) is 11.6 Å². The molecule has 1 atom stereocenters. The van der Waals surface area contributed by atoms with E-state index in [1.165, 1.54) is 44.1 Å². The summed E-state index contributed by atoms with van der Waals surface area (Å²) >= 11 is 0. The lowest BCUT2D eigenvalue weighted by Crippen LogP contribution is -2.16. The Labute approximate surface area is 227 Å². The Morgan fingerprint density at radius 1 is 0.718 bits per heavy atom. The van der Waals surface area contributed by atoms with Gasteiger partial charge in [-0.25, -0.2) is 0 Å². The van der Waals surface area contributed by atoms with Crippen LogP contribution in [0.1, 0.15) is 42.3 Å². The molecule has 0 amide bonds. The first-order valence-electron chi connectivity index (χ1n) is 13.4. The molecule has 1 unspecified atom stereocenters. The predicted molar refractivity (Wildman–Crippen MR) is 158 cm³/mol. The second kappa shape index (κ2) is 8.08. The average molecular weight is 506 g/mol. The van der Waals surface area contributed by atoms with Gasteiger partial charge in [0, 0.05) is 33.0 Å². The molecule has 0 fully saturated rings. The quantitative estimate of drug-likeness (QED) is 0.264. The van der Waals surface area contributed by atoms with Crippen LogP contribution in [0.4, 0.5) is 0 Å². The molecule has 2 aliphatic rings. The number of benzene rings is 5. The third-order valence-corrected chi connectivity index (χ3v) is 8.34.